The van der Waals surface area contributed by atoms with Gasteiger partial charge in [0.15, 0.2) is 11.4 Å². The van der Waals surface area contributed by atoms with E-state index in [1.54, 1.807) is 24.3 Å². The Hall–Kier alpha value is -2.30. The largest absolute Gasteiger partial charge is 0.505 e. The maximum atomic E-state index is 12.5. The summed E-state index contributed by atoms with van der Waals surface area (Å²) in [6.45, 7) is 5.91. The number of benzene rings is 1. The maximum Gasteiger partial charge on any atom is 0.356 e. The van der Waals surface area contributed by atoms with E-state index in [4.69, 9.17) is 0 Å². The lowest BCUT2D eigenvalue weighted by atomic mass is 9.96. The van der Waals surface area contributed by atoms with Crippen molar-refractivity contribution in [1.82, 2.24) is 4.57 Å². The fourth-order valence-corrected chi connectivity index (χ4v) is 2.22. The van der Waals surface area contributed by atoms with Gasteiger partial charge in [0, 0.05) is 11.9 Å². The summed E-state index contributed by atoms with van der Waals surface area (Å²) in [5.41, 5.74) is -1.04. The molecule has 0 aliphatic rings. The second-order valence-electron chi connectivity index (χ2n) is 6.00. The topological polar surface area (TPSA) is 79.5 Å². The zero-order chi connectivity index (χ0) is 15.1. The highest BCUT2D eigenvalue weighted by atomic mass is 16.4. The smallest absolute Gasteiger partial charge is 0.356 e. The van der Waals surface area contributed by atoms with Gasteiger partial charge >= 0.3 is 5.97 Å². The van der Waals surface area contributed by atoms with Crippen molar-refractivity contribution in [2.24, 2.45) is 5.41 Å². The number of carboxylic acid groups (broad SMARTS) is 1. The summed E-state index contributed by atoms with van der Waals surface area (Å²) in [5.74, 6) is -1.67. The Labute approximate surface area is 116 Å². The summed E-state index contributed by atoms with van der Waals surface area (Å²) in [7, 11) is 0. The Balaban J connectivity index is 2.91. The van der Waals surface area contributed by atoms with Crippen LogP contribution < -0.4 is 5.56 Å². The van der Waals surface area contributed by atoms with Crippen molar-refractivity contribution in [1.29, 1.82) is 0 Å². The minimum absolute atomic E-state index is 0.214. The van der Waals surface area contributed by atoms with Crippen LogP contribution in [0.1, 0.15) is 31.3 Å². The number of aromatic hydroxyl groups is 1. The predicted molar refractivity (Wildman–Crippen MR) is 76.3 cm³/mol. The average molecular weight is 275 g/mol. The summed E-state index contributed by atoms with van der Waals surface area (Å²) in [4.78, 5) is 23.9. The van der Waals surface area contributed by atoms with Gasteiger partial charge in [-0.1, -0.05) is 39.0 Å². The van der Waals surface area contributed by atoms with Gasteiger partial charge in [-0.25, -0.2) is 4.79 Å². The molecule has 106 valence electrons. The molecule has 0 unspecified atom stereocenters. The SMILES string of the molecule is CC(C)(C)Cn1c(C(=O)O)c(O)c2ccccc2c1=O. The number of carboxylic acids is 1. The number of fused-ring (bicyclic) bond motifs is 1. The number of aromatic nitrogens is 1. The summed E-state index contributed by atoms with van der Waals surface area (Å²) < 4.78 is 1.14. The van der Waals surface area contributed by atoms with Gasteiger partial charge in [-0.15, -0.1) is 0 Å². The third-order valence-electron chi connectivity index (χ3n) is 2.99. The second kappa shape index (κ2) is 4.67. The van der Waals surface area contributed by atoms with Gasteiger partial charge in [0.25, 0.3) is 5.56 Å². The van der Waals surface area contributed by atoms with Crippen molar-refractivity contribution in [2.45, 2.75) is 27.3 Å². The molecule has 5 heteroatoms. The van der Waals surface area contributed by atoms with Gasteiger partial charge < -0.3 is 10.2 Å². The number of carbonyl (C=O) groups is 1. The van der Waals surface area contributed by atoms with Gasteiger partial charge in [0.05, 0.1) is 5.39 Å². The molecule has 0 radical (unpaired) electrons. The van der Waals surface area contributed by atoms with E-state index in [9.17, 15) is 19.8 Å². The zero-order valence-corrected chi connectivity index (χ0v) is 11.7. The lowest BCUT2D eigenvalue weighted by Gasteiger charge is -2.22. The number of hydrogen-bond donors (Lipinski definition) is 2. The molecular weight excluding hydrogens is 258 g/mol. The molecule has 0 aliphatic carbocycles. The molecule has 2 N–H and O–H groups in total. The first-order valence-corrected chi connectivity index (χ1v) is 6.30. The molecule has 0 saturated carbocycles. The first kappa shape index (κ1) is 14.1. The lowest BCUT2D eigenvalue weighted by molar-refractivity contribution is 0.0677. The molecule has 1 aromatic carbocycles. The van der Waals surface area contributed by atoms with Crippen LogP contribution in [0.2, 0.25) is 0 Å². The van der Waals surface area contributed by atoms with Crippen molar-refractivity contribution in [2.75, 3.05) is 0 Å². The highest BCUT2D eigenvalue weighted by molar-refractivity contribution is 5.98. The fraction of sp³-hybridized carbons (Fsp3) is 0.333. The number of pyridine rings is 1. The van der Waals surface area contributed by atoms with Crippen LogP contribution in [-0.2, 0) is 6.54 Å². The third-order valence-corrected chi connectivity index (χ3v) is 2.99. The van der Waals surface area contributed by atoms with Gasteiger partial charge in [-0.3, -0.25) is 9.36 Å². The molecule has 2 aromatic rings. The minimum Gasteiger partial charge on any atom is -0.505 e. The molecule has 0 fully saturated rings. The third kappa shape index (κ3) is 2.39. The predicted octanol–water partition coefficient (Wildman–Crippen LogP) is 2.45. The molecule has 20 heavy (non-hydrogen) atoms. The van der Waals surface area contributed by atoms with Gasteiger partial charge in [0.2, 0.25) is 0 Å². The van der Waals surface area contributed by atoms with Crippen LogP contribution in [0.5, 0.6) is 5.75 Å². The Bertz CT molecular complexity index is 738. The van der Waals surface area contributed by atoms with Gasteiger partial charge in [-0.05, 0) is 11.5 Å². The number of hydrogen-bond acceptors (Lipinski definition) is 3. The summed E-state index contributed by atoms with van der Waals surface area (Å²) >= 11 is 0. The van der Waals surface area contributed by atoms with E-state index >= 15 is 0 Å². The summed E-state index contributed by atoms with van der Waals surface area (Å²) in [6, 6.07) is 6.47. The van der Waals surface area contributed by atoms with Crippen molar-refractivity contribution in [3.8, 4) is 5.75 Å². The normalized spacial score (nSPS) is 11.8. The number of rotatable bonds is 2. The molecule has 0 spiro atoms. The molecule has 0 bridgehead atoms. The fourth-order valence-electron chi connectivity index (χ4n) is 2.22. The first-order chi connectivity index (χ1) is 9.22. The average Bonchev–Trinajstić information content (AvgIpc) is 2.34. The van der Waals surface area contributed by atoms with Crippen molar-refractivity contribution < 1.29 is 15.0 Å². The highest BCUT2D eigenvalue weighted by Gasteiger charge is 2.24. The monoisotopic (exact) mass is 275 g/mol. The Kier molecular flexibility index (Phi) is 3.29. The van der Waals surface area contributed by atoms with E-state index in [2.05, 4.69) is 0 Å². The molecule has 0 amide bonds. The van der Waals surface area contributed by atoms with Crippen molar-refractivity contribution in [3.05, 3.63) is 40.3 Å². The van der Waals surface area contributed by atoms with Crippen LogP contribution in [0.15, 0.2) is 29.1 Å². The van der Waals surface area contributed by atoms with Crippen LogP contribution in [0, 0.1) is 5.41 Å². The Morgan fingerprint density at radius 1 is 1.20 bits per heavy atom. The number of nitrogens with zero attached hydrogens (tertiary/aromatic N) is 1. The van der Waals surface area contributed by atoms with E-state index in [1.165, 1.54) is 0 Å². The molecule has 0 atom stereocenters. The first-order valence-electron chi connectivity index (χ1n) is 6.30. The lowest BCUT2D eigenvalue weighted by Crippen LogP contribution is -2.31. The standard InChI is InChI=1S/C15H17NO4/c1-15(2,3)8-16-11(14(19)20)12(17)9-6-4-5-7-10(9)13(16)18/h4-7,17H,8H2,1-3H3,(H,19,20). The Morgan fingerprint density at radius 3 is 2.25 bits per heavy atom. The van der Waals surface area contributed by atoms with E-state index in [0.717, 1.165) is 4.57 Å². The van der Waals surface area contributed by atoms with E-state index in [-0.39, 0.29) is 28.8 Å². The van der Waals surface area contributed by atoms with Crippen LogP contribution in [0.4, 0.5) is 0 Å². The maximum absolute atomic E-state index is 12.5. The van der Waals surface area contributed by atoms with E-state index in [1.807, 2.05) is 20.8 Å². The molecule has 0 saturated heterocycles. The van der Waals surface area contributed by atoms with E-state index < -0.39 is 11.5 Å². The van der Waals surface area contributed by atoms with Gasteiger partial charge in [-0.2, -0.15) is 0 Å². The van der Waals surface area contributed by atoms with Crippen LogP contribution in [0.25, 0.3) is 10.8 Å². The second-order valence-corrected chi connectivity index (χ2v) is 6.00. The van der Waals surface area contributed by atoms with Crippen molar-refractivity contribution in [3.63, 3.8) is 0 Å². The van der Waals surface area contributed by atoms with Crippen LogP contribution in [0.3, 0.4) is 0 Å². The molecule has 2 rings (SSSR count). The summed E-state index contributed by atoms with van der Waals surface area (Å²) in [6.07, 6.45) is 0. The van der Waals surface area contributed by atoms with Crippen LogP contribution >= 0.6 is 0 Å². The zero-order valence-electron chi connectivity index (χ0n) is 11.7. The summed E-state index contributed by atoms with van der Waals surface area (Å²) in [5, 5.41) is 20.1. The molecule has 1 aromatic heterocycles. The Morgan fingerprint density at radius 2 is 1.75 bits per heavy atom. The van der Waals surface area contributed by atoms with E-state index in [0.29, 0.717) is 5.39 Å². The molecule has 0 aliphatic heterocycles. The highest BCUT2D eigenvalue weighted by Crippen LogP contribution is 2.28. The van der Waals surface area contributed by atoms with Crippen molar-refractivity contribution >= 4 is 16.7 Å². The minimum atomic E-state index is -1.31. The molecule has 1 heterocycles. The van der Waals surface area contributed by atoms with Crippen LogP contribution in [-0.4, -0.2) is 20.7 Å². The molecule has 5 nitrogen and oxygen atoms in total. The quantitative estimate of drug-likeness (QED) is 0.882. The van der Waals surface area contributed by atoms with Gasteiger partial charge in [0.1, 0.15) is 0 Å². The molecular formula is C15H17NO4. The number of aromatic carboxylic acids is 1.